The molecule has 0 spiro atoms. The molecule has 1 aromatic rings. The second-order valence-electron chi connectivity index (χ2n) is 2.91. The molecule has 0 aliphatic carbocycles. The normalized spacial score (nSPS) is 12.9. The van der Waals surface area contributed by atoms with Crippen LogP contribution in [0.5, 0.6) is 0 Å². The van der Waals surface area contributed by atoms with Gasteiger partial charge in [0, 0.05) is 46.0 Å². The molecule has 0 aliphatic rings. The molecule has 0 aliphatic heterocycles. The third-order valence-electron chi connectivity index (χ3n) is 1.89. The Morgan fingerprint density at radius 2 is 2.43 bits per heavy atom. The van der Waals surface area contributed by atoms with E-state index in [9.17, 15) is 4.21 Å². The lowest BCUT2D eigenvalue weighted by molar-refractivity contribution is 0.675. The van der Waals surface area contributed by atoms with E-state index in [1.165, 1.54) is 0 Å². The van der Waals surface area contributed by atoms with Gasteiger partial charge in [0.25, 0.3) is 0 Å². The van der Waals surface area contributed by atoms with Gasteiger partial charge in [-0.2, -0.15) is 0 Å². The molecule has 0 saturated heterocycles. The lowest BCUT2D eigenvalue weighted by Gasteiger charge is -2.02. The molecule has 1 heterocycles. The van der Waals surface area contributed by atoms with Gasteiger partial charge in [-0.3, -0.25) is 4.21 Å². The lowest BCUT2D eigenvalue weighted by Crippen LogP contribution is -2.20. The smallest absolute Gasteiger partial charge is 0.0468 e. The molecule has 0 fully saturated rings. The van der Waals surface area contributed by atoms with Crippen molar-refractivity contribution in [3.63, 3.8) is 0 Å². The quantitative estimate of drug-likeness (QED) is 0.724. The fraction of sp³-hybridized carbons (Fsp3) is 0.556. The number of nitrogens with one attached hydrogen (secondary N) is 1. The zero-order chi connectivity index (χ0) is 10.4. The van der Waals surface area contributed by atoms with Crippen molar-refractivity contribution in [1.82, 2.24) is 5.32 Å². The van der Waals surface area contributed by atoms with Crippen molar-refractivity contribution in [2.75, 3.05) is 23.8 Å². The van der Waals surface area contributed by atoms with Gasteiger partial charge in [0.15, 0.2) is 0 Å². The van der Waals surface area contributed by atoms with Crippen LogP contribution in [0.2, 0.25) is 0 Å². The van der Waals surface area contributed by atoms with Crippen LogP contribution in [0.25, 0.3) is 0 Å². The van der Waals surface area contributed by atoms with Crippen LogP contribution < -0.4 is 11.1 Å². The molecule has 5 heteroatoms. The molecular formula is C9H16N2OS2. The van der Waals surface area contributed by atoms with Gasteiger partial charge in [-0.1, -0.05) is 6.92 Å². The summed E-state index contributed by atoms with van der Waals surface area (Å²) in [5, 5.41) is 5.21. The minimum atomic E-state index is -0.671. The third-order valence-corrected chi connectivity index (χ3v) is 4.13. The number of nitrogen functional groups attached to an aromatic ring is 1. The molecule has 1 atom stereocenters. The number of hydrogen-bond donors (Lipinski definition) is 2. The summed E-state index contributed by atoms with van der Waals surface area (Å²) in [5.41, 5.74) is 6.57. The topological polar surface area (TPSA) is 55.1 Å². The second kappa shape index (κ2) is 6.16. The number of anilines is 1. The molecule has 1 aromatic heterocycles. The highest BCUT2D eigenvalue weighted by atomic mass is 32.2. The van der Waals surface area contributed by atoms with E-state index >= 15 is 0 Å². The van der Waals surface area contributed by atoms with Gasteiger partial charge in [0.1, 0.15) is 0 Å². The predicted molar refractivity (Wildman–Crippen MR) is 64.0 cm³/mol. The number of nitrogens with two attached hydrogens (primary N) is 1. The lowest BCUT2D eigenvalue weighted by atomic mass is 10.4. The van der Waals surface area contributed by atoms with Crippen LogP contribution in [0.3, 0.4) is 0 Å². The van der Waals surface area contributed by atoms with E-state index in [0.29, 0.717) is 0 Å². The van der Waals surface area contributed by atoms with Gasteiger partial charge in [-0.15, -0.1) is 11.3 Å². The standard InChI is InChI=1S/C9H16N2OS2/c1-2-14(12)6-4-11-7-9-8(10)3-5-13-9/h3,5,11H,2,4,6-7,10H2,1H3. The second-order valence-corrected chi connectivity index (χ2v) is 5.77. The first-order valence-electron chi connectivity index (χ1n) is 4.61. The summed E-state index contributed by atoms with van der Waals surface area (Å²) < 4.78 is 11.1. The van der Waals surface area contributed by atoms with E-state index in [2.05, 4.69) is 5.32 Å². The first kappa shape index (κ1) is 11.7. The van der Waals surface area contributed by atoms with Crippen LogP contribution >= 0.6 is 11.3 Å². The van der Waals surface area contributed by atoms with Gasteiger partial charge in [-0.05, 0) is 11.4 Å². The highest BCUT2D eigenvalue weighted by Gasteiger charge is 2.00. The van der Waals surface area contributed by atoms with E-state index in [-0.39, 0.29) is 0 Å². The van der Waals surface area contributed by atoms with Crippen LogP contribution in [0.4, 0.5) is 5.69 Å². The minimum Gasteiger partial charge on any atom is -0.398 e. The summed E-state index contributed by atoms with van der Waals surface area (Å²) in [7, 11) is -0.671. The maximum absolute atomic E-state index is 11.1. The van der Waals surface area contributed by atoms with Crippen molar-refractivity contribution in [3.05, 3.63) is 16.3 Å². The largest absolute Gasteiger partial charge is 0.398 e. The van der Waals surface area contributed by atoms with Gasteiger partial charge in [-0.25, -0.2) is 0 Å². The zero-order valence-corrected chi connectivity index (χ0v) is 9.92. The number of rotatable bonds is 6. The predicted octanol–water partition coefficient (Wildman–Crippen LogP) is 1.19. The van der Waals surface area contributed by atoms with E-state index in [4.69, 9.17) is 5.73 Å². The number of thiophene rings is 1. The molecule has 1 rings (SSSR count). The van der Waals surface area contributed by atoms with Crippen LogP contribution in [-0.2, 0) is 17.3 Å². The molecule has 3 nitrogen and oxygen atoms in total. The fourth-order valence-electron chi connectivity index (χ4n) is 1.03. The summed E-state index contributed by atoms with van der Waals surface area (Å²) in [5.74, 6) is 1.46. The van der Waals surface area contributed by atoms with Crippen molar-refractivity contribution in [2.24, 2.45) is 0 Å². The van der Waals surface area contributed by atoms with Crippen molar-refractivity contribution < 1.29 is 4.21 Å². The molecule has 0 saturated carbocycles. The first-order chi connectivity index (χ1) is 6.74. The summed E-state index contributed by atoms with van der Waals surface area (Å²) in [6.07, 6.45) is 0. The summed E-state index contributed by atoms with van der Waals surface area (Å²) in [6.45, 7) is 3.51. The third kappa shape index (κ3) is 3.77. The molecular weight excluding hydrogens is 216 g/mol. The van der Waals surface area contributed by atoms with Crippen LogP contribution in [0.15, 0.2) is 11.4 Å². The van der Waals surface area contributed by atoms with Crippen LogP contribution in [0, 0.1) is 0 Å². The molecule has 80 valence electrons. The van der Waals surface area contributed by atoms with E-state index in [0.717, 1.165) is 35.2 Å². The highest BCUT2D eigenvalue weighted by Crippen LogP contribution is 2.17. The summed E-state index contributed by atoms with van der Waals surface area (Å²) in [6, 6.07) is 1.91. The zero-order valence-electron chi connectivity index (χ0n) is 8.29. The Bertz CT molecular complexity index is 299. The first-order valence-corrected chi connectivity index (χ1v) is 6.98. The Balaban J connectivity index is 2.16. The molecule has 0 aromatic carbocycles. The Hall–Kier alpha value is -0.390. The van der Waals surface area contributed by atoms with Crippen molar-refractivity contribution in [3.8, 4) is 0 Å². The molecule has 14 heavy (non-hydrogen) atoms. The SMILES string of the molecule is CCS(=O)CCNCc1sccc1N. The summed E-state index contributed by atoms with van der Waals surface area (Å²) in [4.78, 5) is 1.16. The van der Waals surface area contributed by atoms with Crippen molar-refractivity contribution in [2.45, 2.75) is 13.5 Å². The van der Waals surface area contributed by atoms with Crippen LogP contribution in [0.1, 0.15) is 11.8 Å². The molecule has 0 bridgehead atoms. The maximum Gasteiger partial charge on any atom is 0.0468 e. The minimum absolute atomic E-state index is 0.671. The Morgan fingerprint density at radius 1 is 1.64 bits per heavy atom. The Morgan fingerprint density at radius 3 is 3.00 bits per heavy atom. The average Bonchev–Trinajstić information content (AvgIpc) is 2.58. The molecule has 1 unspecified atom stereocenters. The number of hydrogen-bond acceptors (Lipinski definition) is 4. The van der Waals surface area contributed by atoms with Gasteiger partial charge in [0.05, 0.1) is 0 Å². The van der Waals surface area contributed by atoms with Gasteiger partial charge >= 0.3 is 0 Å². The van der Waals surface area contributed by atoms with Gasteiger partial charge < -0.3 is 11.1 Å². The monoisotopic (exact) mass is 232 g/mol. The van der Waals surface area contributed by atoms with E-state index in [1.54, 1.807) is 11.3 Å². The van der Waals surface area contributed by atoms with Gasteiger partial charge in [0.2, 0.25) is 0 Å². The molecule has 0 amide bonds. The summed E-state index contributed by atoms with van der Waals surface area (Å²) >= 11 is 1.65. The highest BCUT2D eigenvalue weighted by molar-refractivity contribution is 7.84. The van der Waals surface area contributed by atoms with Crippen LogP contribution in [-0.4, -0.2) is 22.3 Å². The fourth-order valence-corrected chi connectivity index (χ4v) is 2.46. The molecule has 3 N–H and O–H groups in total. The maximum atomic E-state index is 11.1. The van der Waals surface area contributed by atoms with Crippen molar-refractivity contribution >= 4 is 27.8 Å². The van der Waals surface area contributed by atoms with Crippen molar-refractivity contribution in [1.29, 1.82) is 0 Å². The van der Waals surface area contributed by atoms with E-state index < -0.39 is 10.8 Å². The molecule has 0 radical (unpaired) electrons. The Kier molecular flexibility index (Phi) is 5.14. The van der Waals surface area contributed by atoms with E-state index in [1.807, 2.05) is 18.4 Å². The Labute approximate surface area is 91.2 Å². The average molecular weight is 232 g/mol.